The average molecular weight is 358 g/mol. The Morgan fingerprint density at radius 1 is 1.25 bits per heavy atom. The molecule has 0 unspecified atom stereocenters. The van der Waals surface area contributed by atoms with Gasteiger partial charge in [0.1, 0.15) is 11.3 Å². The van der Waals surface area contributed by atoms with E-state index in [0.29, 0.717) is 0 Å². The molecule has 24 heavy (non-hydrogen) atoms. The molecule has 0 aromatic heterocycles. The minimum absolute atomic E-state index is 0.107. The van der Waals surface area contributed by atoms with Crippen LogP contribution in [0.25, 0.3) is 0 Å². The molecule has 0 spiro atoms. The van der Waals surface area contributed by atoms with Crippen molar-refractivity contribution in [2.75, 3.05) is 7.11 Å². The fraction of sp³-hybridized carbons (Fsp3) is 0.467. The molecule has 0 aliphatic carbocycles. The third-order valence-electron chi connectivity index (χ3n) is 2.87. The molecule has 1 aromatic rings. The van der Waals surface area contributed by atoms with Gasteiger partial charge in [-0.05, 0) is 45.9 Å². The van der Waals surface area contributed by atoms with Crippen LogP contribution < -0.4 is 15.2 Å². The number of sulfonamides is 1. The van der Waals surface area contributed by atoms with E-state index >= 15 is 0 Å². The second-order valence-electron chi connectivity index (χ2n) is 6.19. The molecule has 8 nitrogen and oxygen atoms in total. The number of carbonyl (C=O) groups is 2. The van der Waals surface area contributed by atoms with E-state index in [4.69, 9.17) is 14.6 Å². The Bertz CT molecular complexity index is 737. The van der Waals surface area contributed by atoms with Gasteiger partial charge in [0.15, 0.2) is 6.10 Å². The topological polar surface area (TPSA) is 125 Å². The Kier molecular flexibility index (Phi) is 5.96. The number of carbonyl (C=O) groups excluding carboxylic acids is 2. The van der Waals surface area contributed by atoms with Crippen LogP contribution in [0.1, 0.15) is 38.1 Å². The Morgan fingerprint density at radius 3 is 2.29 bits per heavy atom. The predicted octanol–water partition coefficient (Wildman–Crippen LogP) is 0.803. The Balaban J connectivity index is 3.04. The summed E-state index contributed by atoms with van der Waals surface area (Å²) in [6.45, 7) is 6.78. The van der Waals surface area contributed by atoms with Crippen LogP contribution >= 0.6 is 0 Å². The van der Waals surface area contributed by atoms with Gasteiger partial charge in [-0.1, -0.05) is 0 Å². The fourth-order valence-corrected chi connectivity index (χ4v) is 2.31. The number of rotatable bonds is 5. The lowest BCUT2D eigenvalue weighted by Crippen LogP contribution is -2.46. The number of ether oxygens (including phenoxy) is 2. The zero-order valence-electron chi connectivity index (χ0n) is 14.2. The number of nitrogens with two attached hydrogens (primary N) is 1. The molecule has 0 heterocycles. The summed E-state index contributed by atoms with van der Waals surface area (Å²) in [6, 6.07) is 3.54. The second kappa shape index (κ2) is 7.18. The average Bonchev–Trinajstić information content (AvgIpc) is 2.43. The highest BCUT2D eigenvalue weighted by Crippen LogP contribution is 2.23. The zero-order chi connectivity index (χ0) is 18.7. The van der Waals surface area contributed by atoms with E-state index in [1.54, 1.807) is 20.8 Å². The quantitative estimate of drug-likeness (QED) is 0.750. The van der Waals surface area contributed by atoms with Gasteiger partial charge in [0, 0.05) is 5.54 Å². The largest absolute Gasteiger partial charge is 0.496 e. The monoisotopic (exact) mass is 358 g/mol. The van der Waals surface area contributed by atoms with Crippen molar-refractivity contribution in [2.45, 2.75) is 44.2 Å². The molecule has 1 atom stereocenters. The first-order chi connectivity index (χ1) is 10.8. The van der Waals surface area contributed by atoms with Crippen LogP contribution in [-0.4, -0.2) is 39.0 Å². The molecule has 1 amide bonds. The van der Waals surface area contributed by atoms with E-state index in [1.165, 1.54) is 26.2 Å². The summed E-state index contributed by atoms with van der Waals surface area (Å²) in [5.41, 5.74) is -0.623. The first kappa shape index (κ1) is 19.9. The van der Waals surface area contributed by atoms with Gasteiger partial charge in [0.25, 0.3) is 5.91 Å². The van der Waals surface area contributed by atoms with E-state index in [9.17, 15) is 18.0 Å². The molecular weight excluding hydrogens is 336 g/mol. The van der Waals surface area contributed by atoms with Crippen LogP contribution in [0.2, 0.25) is 0 Å². The Hall–Kier alpha value is -2.13. The van der Waals surface area contributed by atoms with E-state index in [1.807, 2.05) is 0 Å². The summed E-state index contributed by atoms with van der Waals surface area (Å²) in [5.74, 6) is -1.26. The maximum Gasteiger partial charge on any atom is 0.342 e. The number of hydrogen-bond acceptors (Lipinski definition) is 6. The zero-order valence-corrected chi connectivity index (χ0v) is 15.1. The normalized spacial score (nSPS) is 13.1. The van der Waals surface area contributed by atoms with Crippen LogP contribution in [0.4, 0.5) is 0 Å². The number of primary sulfonamides is 1. The van der Waals surface area contributed by atoms with Gasteiger partial charge in [-0.25, -0.2) is 18.4 Å². The van der Waals surface area contributed by atoms with Crippen LogP contribution in [-0.2, 0) is 19.6 Å². The van der Waals surface area contributed by atoms with Gasteiger partial charge in [-0.2, -0.15) is 0 Å². The molecule has 0 aliphatic heterocycles. The summed E-state index contributed by atoms with van der Waals surface area (Å²) in [7, 11) is -2.68. The lowest BCUT2D eigenvalue weighted by atomic mass is 10.1. The maximum absolute atomic E-state index is 12.3. The molecule has 9 heteroatoms. The number of nitrogens with one attached hydrogen (secondary N) is 1. The summed E-state index contributed by atoms with van der Waals surface area (Å²) in [4.78, 5) is 24.0. The van der Waals surface area contributed by atoms with Crippen molar-refractivity contribution in [3.05, 3.63) is 23.8 Å². The Labute approximate surface area is 141 Å². The van der Waals surface area contributed by atoms with Gasteiger partial charge in [0.2, 0.25) is 10.0 Å². The molecule has 0 radical (unpaired) electrons. The highest BCUT2D eigenvalue weighted by Gasteiger charge is 2.25. The van der Waals surface area contributed by atoms with Crippen molar-refractivity contribution in [1.29, 1.82) is 0 Å². The highest BCUT2D eigenvalue weighted by atomic mass is 32.2. The minimum atomic E-state index is -4.00. The van der Waals surface area contributed by atoms with Gasteiger partial charge >= 0.3 is 5.97 Å². The molecule has 3 N–H and O–H groups in total. The first-order valence-electron chi connectivity index (χ1n) is 7.09. The van der Waals surface area contributed by atoms with E-state index in [2.05, 4.69) is 5.32 Å². The number of amides is 1. The van der Waals surface area contributed by atoms with E-state index in [-0.39, 0.29) is 16.2 Å². The lowest BCUT2D eigenvalue weighted by molar-refractivity contribution is -0.130. The van der Waals surface area contributed by atoms with Crippen LogP contribution in [0.5, 0.6) is 5.75 Å². The van der Waals surface area contributed by atoms with Gasteiger partial charge < -0.3 is 14.8 Å². The third kappa shape index (κ3) is 5.50. The van der Waals surface area contributed by atoms with E-state index < -0.39 is 33.5 Å². The van der Waals surface area contributed by atoms with Crippen molar-refractivity contribution in [3.8, 4) is 5.75 Å². The molecule has 0 bridgehead atoms. The minimum Gasteiger partial charge on any atom is -0.496 e. The second-order valence-corrected chi connectivity index (χ2v) is 7.76. The molecule has 134 valence electrons. The third-order valence-corrected chi connectivity index (χ3v) is 3.78. The number of esters is 1. The SMILES string of the molecule is COc1ccc(S(N)(=O)=O)cc1C(=O)O[C@@H](C)C(=O)NC(C)(C)C. The maximum atomic E-state index is 12.3. The molecule has 0 saturated heterocycles. The summed E-state index contributed by atoms with van der Waals surface area (Å²) in [5, 5.41) is 7.73. The van der Waals surface area contributed by atoms with Crippen molar-refractivity contribution in [3.63, 3.8) is 0 Å². The van der Waals surface area contributed by atoms with Crippen molar-refractivity contribution < 1.29 is 27.5 Å². The molecule has 0 saturated carbocycles. The number of methoxy groups -OCH3 is 1. The van der Waals surface area contributed by atoms with Gasteiger partial charge in [0.05, 0.1) is 12.0 Å². The number of hydrogen-bond donors (Lipinski definition) is 2. The molecule has 0 aliphatic rings. The molecule has 1 rings (SSSR count). The molecular formula is C15H22N2O6S. The van der Waals surface area contributed by atoms with Crippen LogP contribution in [0.15, 0.2) is 23.1 Å². The van der Waals surface area contributed by atoms with Crippen molar-refractivity contribution in [2.24, 2.45) is 5.14 Å². The van der Waals surface area contributed by atoms with Crippen molar-refractivity contribution in [1.82, 2.24) is 5.32 Å². The Morgan fingerprint density at radius 2 is 1.83 bits per heavy atom. The lowest BCUT2D eigenvalue weighted by Gasteiger charge is -2.23. The summed E-state index contributed by atoms with van der Waals surface area (Å²) in [6.07, 6.45) is -1.07. The summed E-state index contributed by atoms with van der Waals surface area (Å²) < 4.78 is 32.9. The summed E-state index contributed by atoms with van der Waals surface area (Å²) >= 11 is 0. The van der Waals surface area contributed by atoms with Crippen LogP contribution in [0, 0.1) is 0 Å². The van der Waals surface area contributed by atoms with E-state index in [0.717, 1.165) is 6.07 Å². The van der Waals surface area contributed by atoms with Gasteiger partial charge in [-0.3, -0.25) is 4.79 Å². The van der Waals surface area contributed by atoms with Gasteiger partial charge in [-0.15, -0.1) is 0 Å². The highest BCUT2D eigenvalue weighted by molar-refractivity contribution is 7.89. The van der Waals surface area contributed by atoms with Crippen LogP contribution in [0.3, 0.4) is 0 Å². The predicted molar refractivity (Wildman–Crippen MR) is 87.1 cm³/mol. The standard InChI is InChI=1S/C15H22N2O6S/c1-9(13(18)17-15(2,3)4)23-14(19)11-8-10(24(16,20)21)6-7-12(11)22-5/h6-9H,1-5H3,(H,17,18)(H2,16,20,21)/t9-/m0/s1. The smallest absolute Gasteiger partial charge is 0.342 e. The first-order valence-corrected chi connectivity index (χ1v) is 8.63. The molecule has 0 fully saturated rings. The fourth-order valence-electron chi connectivity index (χ4n) is 1.77. The number of benzene rings is 1. The van der Waals surface area contributed by atoms with Crippen molar-refractivity contribution >= 4 is 21.9 Å². The molecule has 1 aromatic carbocycles.